The molecule has 0 unspecified atom stereocenters. The Balaban J connectivity index is 1.18. The molecule has 0 radical (unpaired) electrons. The van der Waals surface area contributed by atoms with E-state index < -0.39 is 5.79 Å². The molecule has 2 aliphatic rings. The summed E-state index contributed by atoms with van der Waals surface area (Å²) < 4.78 is 34.8. The van der Waals surface area contributed by atoms with Gasteiger partial charge in [-0.15, -0.1) is 11.8 Å². The molecule has 2 aromatic carbocycles. The first-order valence-corrected chi connectivity index (χ1v) is 12.3. The Kier molecular flexibility index (Phi) is 9.19. The lowest BCUT2D eigenvalue weighted by Gasteiger charge is -2.24. The van der Waals surface area contributed by atoms with Crippen LogP contribution in [0, 0.1) is 11.8 Å². The molecule has 0 spiro atoms. The highest BCUT2D eigenvalue weighted by Crippen LogP contribution is 2.28. The summed E-state index contributed by atoms with van der Waals surface area (Å²) in [5.41, 5.74) is 2.26. The van der Waals surface area contributed by atoms with Gasteiger partial charge in [-0.3, -0.25) is 0 Å². The highest BCUT2D eigenvalue weighted by molar-refractivity contribution is 5.26. The lowest BCUT2D eigenvalue weighted by molar-refractivity contribution is -0.158. The van der Waals surface area contributed by atoms with Crippen LogP contribution in [0.25, 0.3) is 0 Å². The largest absolute Gasteiger partial charge is 0.497 e. The Morgan fingerprint density at radius 3 is 2.46 bits per heavy atom. The second kappa shape index (κ2) is 12.5. The van der Waals surface area contributed by atoms with Gasteiger partial charge in [-0.05, 0) is 43.5 Å². The zero-order chi connectivity index (χ0) is 24.5. The van der Waals surface area contributed by atoms with Crippen molar-refractivity contribution in [1.82, 2.24) is 0 Å². The molecule has 0 aliphatic carbocycles. The molecule has 2 saturated heterocycles. The molecule has 6 nitrogen and oxygen atoms in total. The third-order valence-corrected chi connectivity index (χ3v) is 6.13. The fourth-order valence-electron chi connectivity index (χ4n) is 4.05. The predicted molar refractivity (Wildman–Crippen MR) is 133 cm³/mol. The normalized spacial score (nSPS) is 23.3. The first kappa shape index (κ1) is 25.7. The molecule has 0 aromatic heterocycles. The minimum Gasteiger partial charge on any atom is -0.497 e. The van der Waals surface area contributed by atoms with Crippen LogP contribution in [-0.2, 0) is 36.9 Å². The van der Waals surface area contributed by atoms with Crippen molar-refractivity contribution in [2.45, 2.75) is 76.5 Å². The maximum absolute atomic E-state index is 6.26. The maximum atomic E-state index is 6.26. The van der Waals surface area contributed by atoms with Crippen molar-refractivity contribution in [2.24, 2.45) is 0 Å². The zero-order valence-corrected chi connectivity index (χ0v) is 20.9. The van der Waals surface area contributed by atoms with Crippen molar-refractivity contribution in [3.05, 3.63) is 65.7 Å². The van der Waals surface area contributed by atoms with Crippen LogP contribution in [-0.4, -0.2) is 50.5 Å². The molecule has 0 bridgehead atoms. The summed E-state index contributed by atoms with van der Waals surface area (Å²) in [5.74, 6) is 6.79. The quantitative estimate of drug-likeness (QED) is 0.319. The molecule has 4 rings (SSSR count). The van der Waals surface area contributed by atoms with Gasteiger partial charge < -0.3 is 28.4 Å². The van der Waals surface area contributed by atoms with Gasteiger partial charge in [0.1, 0.15) is 18.0 Å². The van der Waals surface area contributed by atoms with E-state index in [4.69, 9.17) is 28.4 Å². The number of rotatable bonds is 12. The van der Waals surface area contributed by atoms with E-state index in [1.54, 1.807) is 7.11 Å². The Morgan fingerprint density at radius 2 is 1.74 bits per heavy atom. The summed E-state index contributed by atoms with van der Waals surface area (Å²) in [5, 5.41) is 0. The van der Waals surface area contributed by atoms with Gasteiger partial charge in [-0.2, -0.15) is 0 Å². The maximum Gasteiger partial charge on any atom is 0.163 e. The number of hydrogen-bond donors (Lipinski definition) is 0. The van der Waals surface area contributed by atoms with E-state index in [0.717, 1.165) is 30.6 Å². The second-order valence-electron chi connectivity index (χ2n) is 9.37. The van der Waals surface area contributed by atoms with Crippen molar-refractivity contribution < 1.29 is 28.4 Å². The van der Waals surface area contributed by atoms with Gasteiger partial charge >= 0.3 is 0 Å². The minimum absolute atomic E-state index is 0.0931. The SMILES string of the molecule is COc1ccc(CO[C@H](CCC#CC[C@@H]2O[C@@H]2COCc2ccccc2)[C@@H]2COC(C)(C)O2)cc1. The number of epoxide rings is 1. The minimum atomic E-state index is -0.584. The number of ether oxygens (including phenoxy) is 6. The number of methoxy groups -OCH3 is 1. The zero-order valence-electron chi connectivity index (χ0n) is 20.9. The lowest BCUT2D eigenvalue weighted by atomic mass is 10.1. The van der Waals surface area contributed by atoms with Crippen LogP contribution >= 0.6 is 0 Å². The smallest absolute Gasteiger partial charge is 0.163 e. The van der Waals surface area contributed by atoms with Gasteiger partial charge in [0.25, 0.3) is 0 Å². The molecular weight excluding hydrogens is 444 g/mol. The van der Waals surface area contributed by atoms with Crippen LogP contribution in [0.4, 0.5) is 0 Å². The molecule has 4 atom stereocenters. The monoisotopic (exact) mass is 480 g/mol. The summed E-state index contributed by atoms with van der Waals surface area (Å²) in [6.45, 7) is 6.11. The molecule has 6 heteroatoms. The molecule has 2 heterocycles. The van der Waals surface area contributed by atoms with Gasteiger partial charge in [0.2, 0.25) is 0 Å². The van der Waals surface area contributed by atoms with Crippen LogP contribution in [0.1, 0.15) is 44.2 Å². The van der Waals surface area contributed by atoms with Crippen LogP contribution in [0.3, 0.4) is 0 Å². The summed E-state index contributed by atoms with van der Waals surface area (Å²) >= 11 is 0. The van der Waals surface area contributed by atoms with E-state index >= 15 is 0 Å². The number of benzene rings is 2. The fourth-order valence-corrected chi connectivity index (χ4v) is 4.05. The molecular formula is C29H36O6. The highest BCUT2D eigenvalue weighted by Gasteiger charge is 2.38. The van der Waals surface area contributed by atoms with Crippen molar-refractivity contribution in [1.29, 1.82) is 0 Å². The van der Waals surface area contributed by atoms with E-state index in [2.05, 4.69) is 24.0 Å². The van der Waals surface area contributed by atoms with Crippen molar-refractivity contribution in [3.63, 3.8) is 0 Å². The second-order valence-corrected chi connectivity index (χ2v) is 9.37. The first-order chi connectivity index (χ1) is 17.0. The van der Waals surface area contributed by atoms with E-state index in [1.807, 2.05) is 56.3 Å². The van der Waals surface area contributed by atoms with Crippen molar-refractivity contribution in [3.8, 4) is 17.6 Å². The molecule has 35 heavy (non-hydrogen) atoms. The third-order valence-electron chi connectivity index (χ3n) is 6.13. The molecule has 0 saturated carbocycles. The molecule has 0 amide bonds. The first-order valence-electron chi connectivity index (χ1n) is 12.3. The van der Waals surface area contributed by atoms with Crippen molar-refractivity contribution >= 4 is 0 Å². The summed E-state index contributed by atoms with van der Waals surface area (Å²) in [4.78, 5) is 0. The van der Waals surface area contributed by atoms with Crippen LogP contribution < -0.4 is 4.74 Å². The predicted octanol–water partition coefficient (Wildman–Crippen LogP) is 4.89. The van der Waals surface area contributed by atoms with Gasteiger partial charge in [-0.25, -0.2) is 0 Å². The van der Waals surface area contributed by atoms with Gasteiger partial charge in [-0.1, -0.05) is 42.5 Å². The number of hydrogen-bond acceptors (Lipinski definition) is 6. The van der Waals surface area contributed by atoms with E-state index in [-0.39, 0.29) is 24.4 Å². The summed E-state index contributed by atoms with van der Waals surface area (Å²) in [6, 6.07) is 18.1. The topological polar surface area (TPSA) is 58.7 Å². The van der Waals surface area contributed by atoms with Gasteiger partial charge in [0.15, 0.2) is 5.79 Å². The molecule has 0 N–H and O–H groups in total. The summed E-state index contributed by atoms with van der Waals surface area (Å²) in [6.07, 6.45) is 2.37. The van der Waals surface area contributed by atoms with Gasteiger partial charge in [0.05, 0.1) is 45.7 Å². The van der Waals surface area contributed by atoms with E-state index in [9.17, 15) is 0 Å². The van der Waals surface area contributed by atoms with Crippen molar-refractivity contribution in [2.75, 3.05) is 20.3 Å². The van der Waals surface area contributed by atoms with Crippen LogP contribution in [0.5, 0.6) is 5.75 Å². The molecule has 2 aliphatic heterocycles. The molecule has 188 valence electrons. The Hall–Kier alpha value is -2.40. The summed E-state index contributed by atoms with van der Waals surface area (Å²) in [7, 11) is 1.66. The van der Waals surface area contributed by atoms with Crippen LogP contribution in [0.15, 0.2) is 54.6 Å². The fraction of sp³-hybridized carbons (Fsp3) is 0.517. The van der Waals surface area contributed by atoms with Gasteiger partial charge in [0, 0.05) is 12.8 Å². The van der Waals surface area contributed by atoms with E-state index in [1.165, 1.54) is 5.56 Å². The molecule has 2 aromatic rings. The average Bonchev–Trinajstić information content (AvgIpc) is 3.52. The average molecular weight is 481 g/mol. The Bertz CT molecular complexity index is 962. The third kappa shape index (κ3) is 8.34. The Morgan fingerprint density at radius 1 is 0.971 bits per heavy atom. The highest BCUT2D eigenvalue weighted by atomic mass is 16.7. The standard InChI is InChI=1S/C29H36O6/c1-29(2)33-21-28(35-29)25(32-19-23-14-16-24(30-3)17-15-23)12-8-5-9-13-26-27(34-26)20-31-18-22-10-6-4-7-11-22/h4,6-7,10-11,14-17,25-28H,8,12-13,18-21H2,1-3H3/t25-,26+,27-,28+/m1/s1. The molecule has 2 fully saturated rings. The lowest BCUT2D eigenvalue weighted by Crippen LogP contribution is -2.33. The van der Waals surface area contributed by atoms with Crippen LogP contribution in [0.2, 0.25) is 0 Å². The van der Waals surface area contributed by atoms with E-state index in [0.29, 0.717) is 26.4 Å². The Labute approximate surface area is 208 Å².